The van der Waals surface area contributed by atoms with E-state index in [9.17, 15) is 9.18 Å². The molecule has 0 saturated carbocycles. The first-order chi connectivity index (χ1) is 14.5. The third kappa shape index (κ3) is 5.14. The van der Waals surface area contributed by atoms with E-state index in [1.54, 1.807) is 30.5 Å². The largest absolute Gasteiger partial charge is 0.376 e. The average Bonchev–Trinajstić information content (AvgIpc) is 3.10. The van der Waals surface area contributed by atoms with Crippen LogP contribution in [-0.4, -0.2) is 39.9 Å². The molecule has 0 unspecified atom stereocenters. The maximum atomic E-state index is 13.5. The fraction of sp³-hybridized carbons (Fsp3) is 0.227. The van der Waals surface area contributed by atoms with E-state index in [1.165, 1.54) is 30.8 Å². The van der Waals surface area contributed by atoms with Gasteiger partial charge < -0.3 is 14.6 Å². The third-order valence-electron chi connectivity index (χ3n) is 4.27. The summed E-state index contributed by atoms with van der Waals surface area (Å²) in [5, 5.41) is 3.52. The summed E-state index contributed by atoms with van der Waals surface area (Å²) in [6.45, 7) is 6.62. The fourth-order valence-electron chi connectivity index (χ4n) is 3.05. The van der Waals surface area contributed by atoms with E-state index in [0.717, 1.165) is 27.7 Å². The lowest BCUT2D eigenvalue weighted by atomic mass is 10.1. The molecule has 0 fully saturated rings. The SMILES string of the molecule is C=CCOCCn1c(SC)nc(-c2ccc(F)cc2)c1-c1ccnc(NC(C)=O)c1. The molecule has 0 aliphatic carbocycles. The zero-order valence-corrected chi connectivity index (χ0v) is 17.7. The number of ether oxygens (including phenoxy) is 1. The number of rotatable bonds is 9. The van der Waals surface area contributed by atoms with Gasteiger partial charge in [-0.1, -0.05) is 17.8 Å². The van der Waals surface area contributed by atoms with Gasteiger partial charge in [-0.15, -0.1) is 6.58 Å². The van der Waals surface area contributed by atoms with Crippen LogP contribution in [0.15, 0.2) is 60.4 Å². The zero-order valence-electron chi connectivity index (χ0n) is 16.9. The molecule has 8 heteroatoms. The number of hydrogen-bond acceptors (Lipinski definition) is 5. The highest BCUT2D eigenvalue weighted by molar-refractivity contribution is 7.98. The van der Waals surface area contributed by atoms with Crippen molar-refractivity contribution in [2.75, 3.05) is 24.8 Å². The van der Waals surface area contributed by atoms with Crippen LogP contribution in [0.4, 0.5) is 10.2 Å². The summed E-state index contributed by atoms with van der Waals surface area (Å²) in [4.78, 5) is 20.5. The van der Waals surface area contributed by atoms with Gasteiger partial charge in [-0.25, -0.2) is 14.4 Å². The summed E-state index contributed by atoms with van der Waals surface area (Å²) in [6, 6.07) is 9.91. The minimum absolute atomic E-state index is 0.199. The molecule has 6 nitrogen and oxygen atoms in total. The Labute approximate surface area is 179 Å². The second-order valence-electron chi connectivity index (χ2n) is 6.43. The van der Waals surface area contributed by atoms with Crippen molar-refractivity contribution in [1.29, 1.82) is 0 Å². The number of nitrogens with one attached hydrogen (secondary N) is 1. The molecular formula is C22H23FN4O2S. The number of carbonyl (C=O) groups excluding carboxylic acids is 1. The van der Waals surface area contributed by atoms with Gasteiger partial charge in [0, 0.05) is 30.8 Å². The number of amides is 1. The predicted molar refractivity (Wildman–Crippen MR) is 118 cm³/mol. The Bertz CT molecular complexity index is 1030. The Hall–Kier alpha value is -2.97. The average molecular weight is 427 g/mol. The number of benzene rings is 1. The number of hydrogen-bond donors (Lipinski definition) is 1. The Balaban J connectivity index is 2.13. The molecule has 3 aromatic rings. The van der Waals surface area contributed by atoms with E-state index >= 15 is 0 Å². The van der Waals surface area contributed by atoms with Crippen LogP contribution in [0.5, 0.6) is 0 Å². The van der Waals surface area contributed by atoms with E-state index in [0.29, 0.717) is 25.6 Å². The van der Waals surface area contributed by atoms with Gasteiger partial charge in [-0.3, -0.25) is 4.79 Å². The lowest BCUT2D eigenvalue weighted by molar-refractivity contribution is -0.114. The number of anilines is 1. The molecule has 0 aliphatic rings. The Morgan fingerprint density at radius 1 is 1.30 bits per heavy atom. The highest BCUT2D eigenvalue weighted by atomic mass is 32.2. The second-order valence-corrected chi connectivity index (χ2v) is 7.20. The zero-order chi connectivity index (χ0) is 21.5. The van der Waals surface area contributed by atoms with Crippen molar-refractivity contribution < 1.29 is 13.9 Å². The van der Waals surface area contributed by atoms with Gasteiger partial charge in [0.25, 0.3) is 0 Å². The first-order valence-electron chi connectivity index (χ1n) is 9.36. The first kappa shape index (κ1) is 21.7. The van der Waals surface area contributed by atoms with Crippen LogP contribution in [-0.2, 0) is 16.1 Å². The minimum atomic E-state index is -0.306. The second kappa shape index (κ2) is 10.2. The maximum Gasteiger partial charge on any atom is 0.222 e. The molecule has 1 aromatic carbocycles. The van der Waals surface area contributed by atoms with Crippen molar-refractivity contribution in [3.05, 3.63) is 61.1 Å². The molecule has 0 spiro atoms. The van der Waals surface area contributed by atoms with Gasteiger partial charge in [0.2, 0.25) is 5.91 Å². The van der Waals surface area contributed by atoms with Crippen LogP contribution in [0.25, 0.3) is 22.5 Å². The van der Waals surface area contributed by atoms with Crippen LogP contribution in [0, 0.1) is 5.82 Å². The van der Waals surface area contributed by atoms with E-state index in [2.05, 4.69) is 21.4 Å². The number of carbonyl (C=O) groups is 1. The third-order valence-corrected chi connectivity index (χ3v) is 4.94. The topological polar surface area (TPSA) is 69.0 Å². The molecule has 0 aliphatic heterocycles. The summed E-state index contributed by atoms with van der Waals surface area (Å²) in [7, 11) is 0. The van der Waals surface area contributed by atoms with Gasteiger partial charge in [0.1, 0.15) is 11.6 Å². The predicted octanol–water partition coefficient (Wildman–Crippen LogP) is 4.63. The van der Waals surface area contributed by atoms with Crippen LogP contribution in [0.1, 0.15) is 6.92 Å². The van der Waals surface area contributed by atoms with E-state index in [1.807, 2.05) is 12.3 Å². The Morgan fingerprint density at radius 2 is 2.07 bits per heavy atom. The lowest BCUT2D eigenvalue weighted by Crippen LogP contribution is -2.10. The smallest absolute Gasteiger partial charge is 0.222 e. The summed E-state index contributed by atoms with van der Waals surface area (Å²) in [5.41, 5.74) is 3.21. The standard InChI is InChI=1S/C22H23FN4O2S/c1-4-12-29-13-11-27-21(17-9-10-24-19(14-17)25-15(2)28)20(26-22(27)30-3)16-5-7-18(23)8-6-16/h4-10,14H,1,11-13H2,2-3H3,(H,24,25,28). The van der Waals surface area contributed by atoms with Gasteiger partial charge in [0.15, 0.2) is 5.16 Å². The number of nitrogens with zero attached hydrogens (tertiary/aromatic N) is 3. The molecule has 3 rings (SSSR count). The number of pyridine rings is 1. The molecule has 1 amide bonds. The highest BCUT2D eigenvalue weighted by Crippen LogP contribution is 2.36. The summed E-state index contributed by atoms with van der Waals surface area (Å²) < 4.78 is 21.1. The van der Waals surface area contributed by atoms with E-state index in [-0.39, 0.29) is 11.7 Å². The van der Waals surface area contributed by atoms with Crippen molar-refractivity contribution in [1.82, 2.24) is 14.5 Å². The molecule has 0 atom stereocenters. The normalized spacial score (nSPS) is 10.8. The lowest BCUT2D eigenvalue weighted by Gasteiger charge is -2.13. The fourth-order valence-corrected chi connectivity index (χ4v) is 3.63. The van der Waals surface area contributed by atoms with Crippen LogP contribution in [0.2, 0.25) is 0 Å². The van der Waals surface area contributed by atoms with Crippen molar-refractivity contribution >= 4 is 23.5 Å². The molecule has 2 heterocycles. The maximum absolute atomic E-state index is 13.5. The molecule has 1 N–H and O–H groups in total. The van der Waals surface area contributed by atoms with Gasteiger partial charge in [-0.2, -0.15) is 0 Å². The quantitative estimate of drug-likeness (QED) is 0.307. The summed E-state index contributed by atoms with van der Waals surface area (Å²) in [6.07, 6.45) is 5.30. The van der Waals surface area contributed by atoms with Crippen molar-refractivity contribution in [2.24, 2.45) is 0 Å². The van der Waals surface area contributed by atoms with Crippen LogP contribution >= 0.6 is 11.8 Å². The highest BCUT2D eigenvalue weighted by Gasteiger charge is 2.20. The first-order valence-corrected chi connectivity index (χ1v) is 10.6. The molecule has 156 valence electrons. The van der Waals surface area contributed by atoms with Crippen molar-refractivity contribution in [2.45, 2.75) is 18.6 Å². The van der Waals surface area contributed by atoms with Gasteiger partial charge >= 0.3 is 0 Å². The molecule has 0 radical (unpaired) electrons. The Morgan fingerprint density at radius 3 is 2.73 bits per heavy atom. The minimum Gasteiger partial charge on any atom is -0.376 e. The molecule has 0 bridgehead atoms. The summed E-state index contributed by atoms with van der Waals surface area (Å²) >= 11 is 1.52. The van der Waals surface area contributed by atoms with Crippen LogP contribution in [0.3, 0.4) is 0 Å². The molecular weight excluding hydrogens is 403 g/mol. The van der Waals surface area contributed by atoms with E-state index in [4.69, 9.17) is 9.72 Å². The Kier molecular flexibility index (Phi) is 7.37. The molecule has 2 aromatic heterocycles. The monoisotopic (exact) mass is 426 g/mol. The van der Waals surface area contributed by atoms with E-state index < -0.39 is 0 Å². The van der Waals surface area contributed by atoms with Crippen molar-refractivity contribution in [3.63, 3.8) is 0 Å². The van der Waals surface area contributed by atoms with Gasteiger partial charge in [-0.05, 0) is 42.7 Å². The number of aromatic nitrogens is 3. The number of imidazole rings is 1. The number of thioether (sulfide) groups is 1. The van der Waals surface area contributed by atoms with Crippen LogP contribution < -0.4 is 5.32 Å². The van der Waals surface area contributed by atoms with Crippen molar-refractivity contribution in [3.8, 4) is 22.5 Å². The summed E-state index contributed by atoms with van der Waals surface area (Å²) in [5.74, 6) is -0.0551. The van der Waals surface area contributed by atoms with Gasteiger partial charge in [0.05, 0.1) is 24.6 Å². The number of halogens is 1. The molecule has 0 saturated heterocycles. The molecule has 30 heavy (non-hydrogen) atoms.